The zero-order valence-corrected chi connectivity index (χ0v) is 13.2. The monoisotopic (exact) mass is 313 g/mol. The largest absolute Gasteiger partial charge is 0.480 e. The predicted molar refractivity (Wildman–Crippen MR) is 87.1 cm³/mol. The van der Waals surface area contributed by atoms with Gasteiger partial charge in [-0.05, 0) is 37.1 Å². The maximum absolute atomic E-state index is 12.5. The molecule has 1 N–H and O–H groups in total. The number of aryl methyl sites for hydroxylation is 1. The van der Waals surface area contributed by atoms with E-state index < -0.39 is 6.10 Å². The third kappa shape index (κ3) is 3.39. The van der Waals surface area contributed by atoms with Crippen LogP contribution < -0.4 is 19.5 Å². The Bertz CT molecular complexity index is 714. The van der Waals surface area contributed by atoms with Gasteiger partial charge in [0.25, 0.3) is 5.91 Å². The zero-order valence-electron chi connectivity index (χ0n) is 13.2. The van der Waals surface area contributed by atoms with E-state index in [-0.39, 0.29) is 12.7 Å². The minimum absolute atomic E-state index is 0.186. The van der Waals surface area contributed by atoms with Crippen molar-refractivity contribution in [3.05, 3.63) is 48.0 Å². The molecule has 1 atom stereocenters. The first-order chi connectivity index (χ1) is 11.2. The summed E-state index contributed by atoms with van der Waals surface area (Å²) in [5, 5.41) is 2.86. The van der Waals surface area contributed by atoms with Crippen LogP contribution in [0, 0.1) is 6.92 Å². The molecule has 2 aromatic rings. The molecule has 1 heterocycles. The van der Waals surface area contributed by atoms with Gasteiger partial charge in [0.15, 0.2) is 17.6 Å². The normalized spacial score (nSPS) is 13.5. The smallest absolute Gasteiger partial charge is 0.265 e. The third-order valence-corrected chi connectivity index (χ3v) is 3.67. The summed E-state index contributed by atoms with van der Waals surface area (Å²) in [6, 6.07) is 13.0. The average molecular weight is 313 g/mol. The molecule has 0 bridgehead atoms. The molecule has 0 saturated heterocycles. The highest BCUT2D eigenvalue weighted by Crippen LogP contribution is 2.34. The minimum atomic E-state index is -0.554. The lowest BCUT2D eigenvalue weighted by Crippen LogP contribution is -2.32. The van der Waals surface area contributed by atoms with Crippen molar-refractivity contribution in [3.63, 3.8) is 0 Å². The number of ether oxygens (including phenoxy) is 3. The molecular formula is C18H19NO4. The molecule has 0 aromatic heterocycles. The molecule has 3 rings (SSSR count). The molecule has 23 heavy (non-hydrogen) atoms. The summed E-state index contributed by atoms with van der Waals surface area (Å²) in [5.74, 6) is 1.86. The van der Waals surface area contributed by atoms with Crippen LogP contribution in [0.1, 0.15) is 18.9 Å². The van der Waals surface area contributed by atoms with Crippen molar-refractivity contribution in [2.45, 2.75) is 26.4 Å². The predicted octanol–water partition coefficient (Wildman–Crippen LogP) is 3.52. The fourth-order valence-electron chi connectivity index (χ4n) is 2.36. The fourth-order valence-corrected chi connectivity index (χ4v) is 2.36. The van der Waals surface area contributed by atoms with Gasteiger partial charge < -0.3 is 19.5 Å². The van der Waals surface area contributed by atoms with Crippen LogP contribution in [0.15, 0.2) is 42.5 Å². The molecule has 1 amide bonds. The quantitative estimate of drug-likeness (QED) is 0.917. The van der Waals surface area contributed by atoms with E-state index in [1.807, 2.05) is 38.1 Å². The third-order valence-electron chi connectivity index (χ3n) is 3.67. The van der Waals surface area contributed by atoms with Gasteiger partial charge in [-0.1, -0.05) is 25.1 Å². The van der Waals surface area contributed by atoms with E-state index in [1.54, 1.807) is 18.2 Å². The second kappa shape index (κ2) is 6.60. The van der Waals surface area contributed by atoms with Gasteiger partial charge in [0.1, 0.15) is 5.75 Å². The molecule has 5 heteroatoms. The fraction of sp³-hybridized carbons (Fsp3) is 0.278. The van der Waals surface area contributed by atoms with Gasteiger partial charge >= 0.3 is 0 Å². The van der Waals surface area contributed by atoms with E-state index in [1.165, 1.54) is 0 Å². The van der Waals surface area contributed by atoms with Crippen molar-refractivity contribution in [2.24, 2.45) is 0 Å². The lowest BCUT2D eigenvalue weighted by atomic mass is 10.2. The van der Waals surface area contributed by atoms with Gasteiger partial charge in [-0.15, -0.1) is 0 Å². The topological polar surface area (TPSA) is 56.8 Å². The molecule has 2 aromatic carbocycles. The maximum atomic E-state index is 12.5. The number of para-hydroxylation sites is 1. The second-order valence-corrected chi connectivity index (χ2v) is 5.34. The Morgan fingerprint density at radius 3 is 2.78 bits per heavy atom. The first-order valence-electron chi connectivity index (χ1n) is 7.60. The van der Waals surface area contributed by atoms with Crippen molar-refractivity contribution in [2.75, 3.05) is 12.1 Å². The second-order valence-electron chi connectivity index (χ2n) is 5.34. The van der Waals surface area contributed by atoms with Gasteiger partial charge in [0, 0.05) is 11.8 Å². The number of rotatable bonds is 5. The first-order valence-corrected chi connectivity index (χ1v) is 7.60. The van der Waals surface area contributed by atoms with E-state index in [4.69, 9.17) is 14.2 Å². The number of benzene rings is 2. The first kappa shape index (κ1) is 15.2. The van der Waals surface area contributed by atoms with Crippen LogP contribution in [0.3, 0.4) is 0 Å². The number of carbonyl (C=O) groups is 1. The highest BCUT2D eigenvalue weighted by molar-refractivity contribution is 5.94. The summed E-state index contributed by atoms with van der Waals surface area (Å²) in [7, 11) is 0. The number of anilines is 1. The van der Waals surface area contributed by atoms with E-state index in [0.29, 0.717) is 23.6 Å². The van der Waals surface area contributed by atoms with Crippen LogP contribution >= 0.6 is 0 Å². The Morgan fingerprint density at radius 1 is 1.22 bits per heavy atom. The van der Waals surface area contributed by atoms with Crippen LogP contribution in [-0.2, 0) is 4.79 Å². The minimum Gasteiger partial charge on any atom is -0.480 e. The SMILES string of the molecule is CC[C@@H](Oc1ccccc1C)C(=O)Nc1ccc2c(c1)OCO2. The molecule has 120 valence electrons. The van der Waals surface area contributed by atoms with Gasteiger partial charge in [-0.3, -0.25) is 4.79 Å². The Hall–Kier alpha value is -2.69. The van der Waals surface area contributed by atoms with E-state index >= 15 is 0 Å². The molecule has 0 saturated carbocycles. The van der Waals surface area contributed by atoms with Crippen LogP contribution in [-0.4, -0.2) is 18.8 Å². The molecular weight excluding hydrogens is 294 g/mol. The number of carbonyl (C=O) groups excluding carboxylic acids is 1. The van der Waals surface area contributed by atoms with Crippen LogP contribution in [0.2, 0.25) is 0 Å². The lowest BCUT2D eigenvalue weighted by Gasteiger charge is -2.18. The number of amides is 1. The summed E-state index contributed by atoms with van der Waals surface area (Å²) >= 11 is 0. The molecule has 0 aliphatic carbocycles. The molecule has 1 aliphatic heterocycles. The van der Waals surface area contributed by atoms with Crippen molar-refractivity contribution in [1.29, 1.82) is 0 Å². The summed E-state index contributed by atoms with van der Waals surface area (Å²) in [4.78, 5) is 12.5. The molecule has 5 nitrogen and oxygen atoms in total. The van der Waals surface area contributed by atoms with Crippen molar-refractivity contribution < 1.29 is 19.0 Å². The number of hydrogen-bond donors (Lipinski definition) is 1. The Balaban J connectivity index is 1.69. The summed E-state index contributed by atoms with van der Waals surface area (Å²) < 4.78 is 16.4. The van der Waals surface area contributed by atoms with Crippen LogP contribution in [0.25, 0.3) is 0 Å². The van der Waals surface area contributed by atoms with E-state index in [0.717, 1.165) is 11.3 Å². The van der Waals surface area contributed by atoms with E-state index in [9.17, 15) is 4.79 Å². The standard InChI is InChI=1S/C18H19NO4/c1-3-14(23-15-7-5-4-6-12(15)2)18(20)19-13-8-9-16-17(10-13)22-11-21-16/h4-10,14H,3,11H2,1-2H3,(H,19,20)/t14-/m1/s1. The van der Waals surface area contributed by atoms with Crippen molar-refractivity contribution in [1.82, 2.24) is 0 Å². The highest BCUT2D eigenvalue weighted by Gasteiger charge is 2.20. The Kier molecular flexibility index (Phi) is 4.37. The molecule has 1 aliphatic rings. The van der Waals surface area contributed by atoms with Crippen molar-refractivity contribution in [3.8, 4) is 17.2 Å². The van der Waals surface area contributed by atoms with Crippen molar-refractivity contribution >= 4 is 11.6 Å². The van der Waals surface area contributed by atoms with Gasteiger partial charge in [-0.25, -0.2) is 0 Å². The maximum Gasteiger partial charge on any atom is 0.265 e. The molecule has 0 unspecified atom stereocenters. The number of fused-ring (bicyclic) bond motifs is 1. The summed E-state index contributed by atoms with van der Waals surface area (Å²) in [6.07, 6.45) is 0.0200. The summed E-state index contributed by atoms with van der Waals surface area (Å²) in [6.45, 7) is 4.08. The van der Waals surface area contributed by atoms with Crippen LogP contribution in [0.5, 0.6) is 17.2 Å². The summed E-state index contributed by atoms with van der Waals surface area (Å²) in [5.41, 5.74) is 1.66. The van der Waals surface area contributed by atoms with Gasteiger partial charge in [0.05, 0.1) is 0 Å². The number of hydrogen-bond acceptors (Lipinski definition) is 4. The van der Waals surface area contributed by atoms with Gasteiger partial charge in [-0.2, -0.15) is 0 Å². The van der Waals surface area contributed by atoms with Gasteiger partial charge in [0.2, 0.25) is 6.79 Å². The van der Waals surface area contributed by atoms with E-state index in [2.05, 4.69) is 5.32 Å². The highest BCUT2D eigenvalue weighted by atomic mass is 16.7. The lowest BCUT2D eigenvalue weighted by molar-refractivity contribution is -0.122. The zero-order chi connectivity index (χ0) is 16.2. The van der Waals surface area contributed by atoms with Crippen LogP contribution in [0.4, 0.5) is 5.69 Å². The molecule has 0 fully saturated rings. The molecule has 0 radical (unpaired) electrons. The molecule has 0 spiro atoms. The Labute approximate surface area is 135 Å². The average Bonchev–Trinajstić information content (AvgIpc) is 3.01. The number of nitrogens with one attached hydrogen (secondary N) is 1. The Morgan fingerprint density at radius 2 is 2.00 bits per heavy atom.